The van der Waals surface area contributed by atoms with E-state index < -0.39 is 5.97 Å². The Kier molecular flexibility index (Phi) is 3.70. The average Bonchev–Trinajstić information content (AvgIpc) is 3.28. The number of rotatable bonds is 4. The van der Waals surface area contributed by atoms with Gasteiger partial charge < -0.3 is 9.15 Å². The molecule has 124 valence electrons. The van der Waals surface area contributed by atoms with Gasteiger partial charge in [-0.05, 0) is 25.1 Å². The predicted molar refractivity (Wildman–Crippen MR) is 86.6 cm³/mol. The van der Waals surface area contributed by atoms with Gasteiger partial charge in [-0.25, -0.2) is 19.3 Å². The lowest BCUT2D eigenvalue weighted by molar-refractivity contribution is 0.0453. The van der Waals surface area contributed by atoms with Crippen LogP contribution in [0.4, 0.5) is 0 Å². The summed E-state index contributed by atoms with van der Waals surface area (Å²) in [5.41, 5.74) is 2.18. The second-order valence-corrected chi connectivity index (χ2v) is 5.32. The molecule has 0 aliphatic carbocycles. The van der Waals surface area contributed by atoms with E-state index in [1.165, 1.54) is 10.8 Å². The summed E-state index contributed by atoms with van der Waals surface area (Å²) in [7, 11) is 0. The molecule has 25 heavy (non-hydrogen) atoms. The van der Waals surface area contributed by atoms with E-state index in [0.717, 1.165) is 11.3 Å². The van der Waals surface area contributed by atoms with E-state index >= 15 is 0 Å². The standard InChI is InChI=1S/C17H13N5O3/c1-11-7-8-18-17-20-14(21-22(11)17)16(23)25-10-13-9-24-15(19-13)12-5-3-2-4-6-12/h2-9H,10H2,1H3. The second-order valence-electron chi connectivity index (χ2n) is 5.32. The van der Waals surface area contributed by atoms with Gasteiger partial charge in [0.2, 0.25) is 5.89 Å². The Morgan fingerprint density at radius 3 is 2.84 bits per heavy atom. The SMILES string of the molecule is Cc1ccnc2nc(C(=O)OCc3coc(-c4ccccc4)n3)nn12. The van der Waals surface area contributed by atoms with Crippen LogP contribution in [-0.2, 0) is 11.3 Å². The number of hydrogen-bond donors (Lipinski definition) is 0. The highest BCUT2D eigenvalue weighted by molar-refractivity contribution is 5.85. The molecular weight excluding hydrogens is 322 g/mol. The summed E-state index contributed by atoms with van der Waals surface area (Å²) < 4.78 is 12.1. The maximum Gasteiger partial charge on any atom is 0.378 e. The molecular formula is C17H13N5O3. The zero-order valence-corrected chi connectivity index (χ0v) is 13.3. The van der Waals surface area contributed by atoms with Gasteiger partial charge in [-0.15, -0.1) is 5.10 Å². The van der Waals surface area contributed by atoms with Gasteiger partial charge in [0.15, 0.2) is 0 Å². The second kappa shape index (κ2) is 6.16. The van der Waals surface area contributed by atoms with Crippen LogP contribution >= 0.6 is 0 Å². The highest BCUT2D eigenvalue weighted by Crippen LogP contribution is 2.18. The van der Waals surface area contributed by atoms with Crippen LogP contribution in [0.1, 0.15) is 22.0 Å². The fourth-order valence-electron chi connectivity index (χ4n) is 2.28. The van der Waals surface area contributed by atoms with Crippen LogP contribution in [0.5, 0.6) is 0 Å². The average molecular weight is 335 g/mol. The van der Waals surface area contributed by atoms with Gasteiger partial charge in [0, 0.05) is 17.5 Å². The van der Waals surface area contributed by atoms with E-state index in [1.807, 2.05) is 37.3 Å². The molecule has 3 heterocycles. The first-order valence-corrected chi connectivity index (χ1v) is 7.56. The molecule has 0 fully saturated rings. The zero-order valence-electron chi connectivity index (χ0n) is 13.3. The fraction of sp³-hybridized carbons (Fsp3) is 0.118. The first-order chi connectivity index (χ1) is 12.2. The van der Waals surface area contributed by atoms with Crippen LogP contribution in [-0.4, -0.2) is 30.5 Å². The number of ether oxygens (including phenoxy) is 1. The molecule has 1 aromatic carbocycles. The molecule has 3 aromatic heterocycles. The number of aromatic nitrogens is 5. The molecule has 0 aliphatic rings. The van der Waals surface area contributed by atoms with Crippen LogP contribution < -0.4 is 0 Å². The summed E-state index contributed by atoms with van der Waals surface area (Å²) in [6.45, 7) is 1.82. The van der Waals surface area contributed by atoms with Crippen molar-refractivity contribution >= 4 is 11.7 Å². The molecule has 0 N–H and O–H groups in total. The van der Waals surface area contributed by atoms with Gasteiger partial charge in [-0.3, -0.25) is 0 Å². The Morgan fingerprint density at radius 2 is 2.04 bits per heavy atom. The quantitative estimate of drug-likeness (QED) is 0.528. The number of carbonyl (C=O) groups is 1. The van der Waals surface area contributed by atoms with Crippen molar-refractivity contribution < 1.29 is 13.9 Å². The van der Waals surface area contributed by atoms with Crippen molar-refractivity contribution in [1.29, 1.82) is 0 Å². The number of esters is 1. The summed E-state index contributed by atoms with van der Waals surface area (Å²) >= 11 is 0. The maximum atomic E-state index is 12.1. The molecule has 0 radical (unpaired) electrons. The van der Waals surface area contributed by atoms with Crippen molar-refractivity contribution in [2.75, 3.05) is 0 Å². The zero-order chi connectivity index (χ0) is 17.2. The van der Waals surface area contributed by atoms with E-state index in [9.17, 15) is 4.79 Å². The first kappa shape index (κ1) is 15.0. The normalized spacial score (nSPS) is 10.9. The van der Waals surface area contributed by atoms with E-state index in [1.54, 1.807) is 12.3 Å². The Morgan fingerprint density at radius 1 is 1.20 bits per heavy atom. The number of nitrogens with zero attached hydrogens (tertiary/aromatic N) is 5. The van der Waals surface area contributed by atoms with E-state index in [0.29, 0.717) is 17.4 Å². The fourth-order valence-corrected chi connectivity index (χ4v) is 2.28. The third kappa shape index (κ3) is 2.97. The van der Waals surface area contributed by atoms with Crippen molar-refractivity contribution in [1.82, 2.24) is 24.6 Å². The Hall–Kier alpha value is -3.55. The highest BCUT2D eigenvalue weighted by atomic mass is 16.5. The van der Waals surface area contributed by atoms with E-state index in [-0.39, 0.29) is 12.4 Å². The Bertz CT molecular complexity index is 1040. The molecule has 0 aliphatic heterocycles. The number of carbonyl (C=O) groups excluding carboxylic acids is 1. The van der Waals surface area contributed by atoms with Gasteiger partial charge in [-0.1, -0.05) is 18.2 Å². The van der Waals surface area contributed by atoms with Crippen LogP contribution in [0.15, 0.2) is 53.3 Å². The molecule has 0 unspecified atom stereocenters. The summed E-state index contributed by atoms with van der Waals surface area (Å²) in [6, 6.07) is 11.2. The Labute approximate surface area is 142 Å². The van der Waals surface area contributed by atoms with E-state index in [4.69, 9.17) is 9.15 Å². The molecule has 0 saturated heterocycles. The van der Waals surface area contributed by atoms with Crippen molar-refractivity contribution in [3.63, 3.8) is 0 Å². The summed E-state index contributed by atoms with van der Waals surface area (Å²) in [4.78, 5) is 24.5. The number of oxazole rings is 1. The first-order valence-electron chi connectivity index (χ1n) is 7.56. The van der Waals surface area contributed by atoms with Gasteiger partial charge >= 0.3 is 5.97 Å². The summed E-state index contributed by atoms with van der Waals surface area (Å²) in [5, 5.41) is 4.10. The smallest absolute Gasteiger partial charge is 0.378 e. The molecule has 8 heteroatoms. The van der Waals surface area contributed by atoms with Crippen molar-refractivity contribution in [2.24, 2.45) is 0 Å². The lowest BCUT2D eigenvalue weighted by atomic mass is 10.2. The number of aryl methyl sites for hydroxylation is 1. The summed E-state index contributed by atoms with van der Waals surface area (Å²) in [5.74, 6) is 0.125. The van der Waals surface area contributed by atoms with Crippen LogP contribution in [0, 0.1) is 6.92 Å². The molecule has 8 nitrogen and oxygen atoms in total. The van der Waals surface area contributed by atoms with Crippen LogP contribution in [0.25, 0.3) is 17.2 Å². The van der Waals surface area contributed by atoms with Gasteiger partial charge in [-0.2, -0.15) is 4.98 Å². The minimum atomic E-state index is -0.644. The predicted octanol–water partition coefficient (Wildman–Crippen LogP) is 2.44. The lowest BCUT2D eigenvalue weighted by Crippen LogP contribution is -2.08. The van der Waals surface area contributed by atoms with Crippen molar-refractivity contribution in [3.05, 3.63) is 66.1 Å². The minimum absolute atomic E-state index is 0.0306. The van der Waals surface area contributed by atoms with Crippen LogP contribution in [0.2, 0.25) is 0 Å². The van der Waals surface area contributed by atoms with E-state index in [2.05, 4.69) is 20.1 Å². The van der Waals surface area contributed by atoms with Gasteiger partial charge in [0.25, 0.3) is 11.6 Å². The van der Waals surface area contributed by atoms with Crippen molar-refractivity contribution in [3.8, 4) is 11.5 Å². The third-order valence-corrected chi connectivity index (χ3v) is 3.54. The maximum absolute atomic E-state index is 12.1. The molecule has 0 saturated carbocycles. The topological polar surface area (TPSA) is 95.4 Å². The highest BCUT2D eigenvalue weighted by Gasteiger charge is 2.17. The van der Waals surface area contributed by atoms with Crippen LogP contribution in [0.3, 0.4) is 0 Å². The molecule has 4 rings (SSSR count). The molecule has 0 amide bonds. The summed E-state index contributed by atoms with van der Waals surface area (Å²) in [6.07, 6.45) is 3.06. The minimum Gasteiger partial charge on any atom is -0.453 e. The largest absolute Gasteiger partial charge is 0.453 e. The van der Waals surface area contributed by atoms with Gasteiger partial charge in [0.05, 0.1) is 0 Å². The third-order valence-electron chi connectivity index (χ3n) is 3.54. The molecule has 0 spiro atoms. The molecule has 4 aromatic rings. The number of hydrogen-bond acceptors (Lipinski definition) is 7. The Balaban J connectivity index is 1.46. The number of fused-ring (bicyclic) bond motifs is 1. The molecule has 0 atom stereocenters. The monoisotopic (exact) mass is 335 g/mol. The lowest BCUT2D eigenvalue weighted by Gasteiger charge is -1.98. The van der Waals surface area contributed by atoms with Crippen molar-refractivity contribution in [2.45, 2.75) is 13.5 Å². The molecule has 0 bridgehead atoms. The number of benzene rings is 1. The van der Waals surface area contributed by atoms with Gasteiger partial charge in [0.1, 0.15) is 18.6 Å².